The number of nitrogens with zero attached hydrogens (tertiary/aromatic N) is 1. The number of carbonyl (C=O) groups is 1. The Labute approximate surface area is 216 Å². The van der Waals surface area contributed by atoms with Gasteiger partial charge in [-0.25, -0.2) is 4.39 Å². The van der Waals surface area contributed by atoms with E-state index in [1.165, 1.54) is 28.8 Å². The van der Waals surface area contributed by atoms with E-state index in [1.54, 1.807) is 6.07 Å². The number of aryl methyl sites for hydroxylation is 2. The number of ether oxygens (including phenoxy) is 2. The molecule has 1 N–H and O–H groups in total. The van der Waals surface area contributed by atoms with Crippen molar-refractivity contribution in [3.63, 3.8) is 0 Å². The Morgan fingerprint density at radius 2 is 1.73 bits per heavy atom. The lowest BCUT2D eigenvalue weighted by Crippen LogP contribution is -2.36. The van der Waals surface area contributed by atoms with Crippen molar-refractivity contribution in [1.82, 2.24) is 0 Å². The van der Waals surface area contributed by atoms with Gasteiger partial charge in [0.25, 0.3) is 5.91 Å². The zero-order valence-corrected chi connectivity index (χ0v) is 21.2. The van der Waals surface area contributed by atoms with Crippen molar-refractivity contribution in [2.24, 2.45) is 0 Å². The third kappa shape index (κ3) is 5.75. The van der Waals surface area contributed by atoms with Gasteiger partial charge in [0.1, 0.15) is 11.6 Å². The number of morpholine rings is 1. The van der Waals surface area contributed by atoms with Crippen molar-refractivity contribution in [2.45, 2.75) is 20.3 Å². The lowest BCUT2D eigenvalue weighted by atomic mass is 10.0. The van der Waals surface area contributed by atoms with Gasteiger partial charge < -0.3 is 19.7 Å². The van der Waals surface area contributed by atoms with Gasteiger partial charge in [0.2, 0.25) is 0 Å². The Hall–Kier alpha value is -3.90. The van der Waals surface area contributed by atoms with E-state index < -0.39 is 5.82 Å². The minimum atomic E-state index is -0.438. The first-order chi connectivity index (χ1) is 18.0. The summed E-state index contributed by atoms with van der Waals surface area (Å²) in [7, 11) is 0. The Bertz CT molecular complexity index is 1430. The highest BCUT2D eigenvalue weighted by Gasteiger charge is 2.17. The van der Waals surface area contributed by atoms with Gasteiger partial charge in [-0.3, -0.25) is 4.79 Å². The van der Waals surface area contributed by atoms with Crippen molar-refractivity contribution in [3.05, 3.63) is 101 Å². The Kier molecular flexibility index (Phi) is 7.37. The normalized spacial score (nSPS) is 13.5. The molecular formula is C31H31FN2O3. The van der Waals surface area contributed by atoms with Gasteiger partial charge in [0.15, 0.2) is 0 Å². The maximum atomic E-state index is 14.4. The second kappa shape index (κ2) is 11.0. The molecule has 5 rings (SSSR count). The third-order valence-electron chi connectivity index (χ3n) is 6.87. The maximum absolute atomic E-state index is 14.4. The standard InChI is InChI=1S/C31H31FN2O3/c1-21-7-8-23(17-22(21)2)11-14-37-30-10-9-29(27-5-3-4-6-28(27)30)33-31(35)24-18-25(32)20-26(19-24)34-12-15-36-16-13-34/h3-10,17-20H,11-16H2,1-2H3,(H,33,35). The second-order valence-electron chi connectivity index (χ2n) is 9.43. The van der Waals surface area contributed by atoms with Gasteiger partial charge in [-0.15, -0.1) is 0 Å². The summed E-state index contributed by atoms with van der Waals surface area (Å²) in [5.41, 5.74) is 5.41. The molecule has 190 valence electrons. The summed E-state index contributed by atoms with van der Waals surface area (Å²) in [6.07, 6.45) is 0.805. The van der Waals surface area contributed by atoms with Crippen LogP contribution < -0.4 is 15.0 Å². The van der Waals surface area contributed by atoms with E-state index in [9.17, 15) is 9.18 Å². The number of halogens is 1. The Morgan fingerprint density at radius 3 is 2.51 bits per heavy atom. The molecule has 1 saturated heterocycles. The molecule has 1 heterocycles. The first-order valence-electron chi connectivity index (χ1n) is 12.6. The molecule has 0 saturated carbocycles. The molecule has 4 aromatic carbocycles. The van der Waals surface area contributed by atoms with Gasteiger partial charge in [-0.1, -0.05) is 42.5 Å². The van der Waals surface area contributed by atoms with Crippen molar-refractivity contribution in [3.8, 4) is 5.75 Å². The van der Waals surface area contributed by atoms with Crippen LogP contribution in [-0.4, -0.2) is 38.8 Å². The average molecular weight is 499 g/mol. The van der Waals surface area contributed by atoms with Crippen LogP contribution in [0.3, 0.4) is 0 Å². The molecule has 0 aromatic heterocycles. The van der Waals surface area contributed by atoms with Crippen LogP contribution in [0.5, 0.6) is 5.75 Å². The maximum Gasteiger partial charge on any atom is 0.255 e. The van der Waals surface area contributed by atoms with Crippen molar-refractivity contribution in [1.29, 1.82) is 0 Å². The van der Waals surface area contributed by atoms with E-state index in [1.807, 2.05) is 41.3 Å². The number of nitrogens with one attached hydrogen (secondary N) is 1. The topological polar surface area (TPSA) is 50.8 Å². The smallest absolute Gasteiger partial charge is 0.255 e. The molecule has 37 heavy (non-hydrogen) atoms. The molecule has 4 aromatic rings. The van der Waals surface area contributed by atoms with Crippen LogP contribution in [0.15, 0.2) is 72.8 Å². The number of anilines is 2. The van der Waals surface area contributed by atoms with Crippen LogP contribution in [0, 0.1) is 19.7 Å². The number of rotatable bonds is 7. The molecule has 5 nitrogen and oxygen atoms in total. The van der Waals surface area contributed by atoms with E-state index in [0.717, 1.165) is 22.9 Å². The molecule has 0 atom stereocenters. The number of carbonyl (C=O) groups excluding carboxylic acids is 1. The van der Waals surface area contributed by atoms with Crippen LogP contribution in [0.4, 0.5) is 15.8 Å². The fraction of sp³-hybridized carbons (Fsp3) is 0.258. The minimum Gasteiger partial charge on any atom is -0.493 e. The van der Waals surface area contributed by atoms with Crippen LogP contribution in [0.1, 0.15) is 27.0 Å². The molecule has 1 fully saturated rings. The minimum absolute atomic E-state index is 0.277. The molecule has 6 heteroatoms. The predicted octanol–water partition coefficient (Wildman–Crippen LogP) is 6.31. The lowest BCUT2D eigenvalue weighted by molar-refractivity contribution is 0.102. The number of fused-ring (bicyclic) bond motifs is 1. The van der Waals surface area contributed by atoms with E-state index >= 15 is 0 Å². The zero-order valence-electron chi connectivity index (χ0n) is 21.2. The van der Waals surface area contributed by atoms with Crippen molar-refractivity contribution in [2.75, 3.05) is 43.1 Å². The van der Waals surface area contributed by atoms with Crippen LogP contribution in [0.2, 0.25) is 0 Å². The Morgan fingerprint density at radius 1 is 0.946 bits per heavy atom. The third-order valence-corrected chi connectivity index (χ3v) is 6.87. The molecular weight excluding hydrogens is 467 g/mol. The molecule has 0 unspecified atom stereocenters. The summed E-state index contributed by atoms with van der Waals surface area (Å²) < 4.78 is 26.0. The fourth-order valence-electron chi connectivity index (χ4n) is 4.65. The number of amides is 1. The molecule has 0 radical (unpaired) electrons. The summed E-state index contributed by atoms with van der Waals surface area (Å²) in [5.74, 6) is -0.0353. The molecule has 0 aliphatic carbocycles. The van der Waals surface area contributed by atoms with Gasteiger partial charge in [0, 0.05) is 47.2 Å². The van der Waals surface area contributed by atoms with Gasteiger partial charge in [-0.05, 0) is 60.9 Å². The number of hydrogen-bond donors (Lipinski definition) is 1. The highest BCUT2D eigenvalue weighted by atomic mass is 19.1. The summed E-state index contributed by atoms with van der Waals surface area (Å²) in [4.78, 5) is 15.2. The summed E-state index contributed by atoms with van der Waals surface area (Å²) in [6.45, 7) is 7.28. The zero-order chi connectivity index (χ0) is 25.8. The van der Waals surface area contributed by atoms with E-state index in [0.29, 0.717) is 44.3 Å². The van der Waals surface area contributed by atoms with E-state index in [4.69, 9.17) is 9.47 Å². The fourth-order valence-corrected chi connectivity index (χ4v) is 4.65. The number of hydrogen-bond acceptors (Lipinski definition) is 4. The Balaban J connectivity index is 1.33. The van der Waals surface area contributed by atoms with Crippen LogP contribution >= 0.6 is 0 Å². The van der Waals surface area contributed by atoms with E-state index in [-0.39, 0.29) is 11.5 Å². The lowest BCUT2D eigenvalue weighted by Gasteiger charge is -2.29. The molecule has 1 aliphatic rings. The molecule has 1 amide bonds. The number of benzene rings is 4. The highest BCUT2D eigenvalue weighted by Crippen LogP contribution is 2.32. The van der Waals surface area contributed by atoms with Gasteiger partial charge >= 0.3 is 0 Å². The first-order valence-corrected chi connectivity index (χ1v) is 12.6. The summed E-state index contributed by atoms with van der Waals surface area (Å²) in [5, 5.41) is 4.75. The largest absolute Gasteiger partial charge is 0.493 e. The van der Waals surface area contributed by atoms with Crippen LogP contribution in [0.25, 0.3) is 10.8 Å². The highest BCUT2D eigenvalue weighted by molar-refractivity contribution is 6.10. The van der Waals surface area contributed by atoms with E-state index in [2.05, 4.69) is 37.4 Å². The second-order valence-corrected chi connectivity index (χ2v) is 9.43. The quantitative estimate of drug-likeness (QED) is 0.325. The predicted molar refractivity (Wildman–Crippen MR) is 146 cm³/mol. The summed E-state index contributed by atoms with van der Waals surface area (Å²) in [6, 6.07) is 22.5. The van der Waals surface area contributed by atoms with Crippen molar-refractivity contribution >= 4 is 28.1 Å². The van der Waals surface area contributed by atoms with Crippen molar-refractivity contribution < 1.29 is 18.7 Å². The monoisotopic (exact) mass is 498 g/mol. The van der Waals surface area contributed by atoms with Gasteiger partial charge in [-0.2, -0.15) is 0 Å². The summed E-state index contributed by atoms with van der Waals surface area (Å²) >= 11 is 0. The first kappa shape index (κ1) is 24.8. The molecule has 1 aliphatic heterocycles. The average Bonchev–Trinajstić information content (AvgIpc) is 2.92. The van der Waals surface area contributed by atoms with Crippen LogP contribution in [-0.2, 0) is 11.2 Å². The molecule has 0 spiro atoms. The van der Waals surface area contributed by atoms with Gasteiger partial charge in [0.05, 0.1) is 19.8 Å². The SMILES string of the molecule is Cc1ccc(CCOc2ccc(NC(=O)c3cc(F)cc(N4CCOCC4)c3)c3ccccc23)cc1C. The molecule has 0 bridgehead atoms.